The molecule has 0 radical (unpaired) electrons. The molecule has 0 bridgehead atoms. The molecule has 0 saturated carbocycles. The molecule has 1 amide bonds. The predicted molar refractivity (Wildman–Crippen MR) is 120 cm³/mol. The van der Waals surface area contributed by atoms with Crippen molar-refractivity contribution in [1.82, 2.24) is 9.80 Å². The van der Waals surface area contributed by atoms with E-state index in [1.165, 1.54) is 30.0 Å². The molecule has 0 aliphatic carbocycles. The summed E-state index contributed by atoms with van der Waals surface area (Å²) in [6.45, 7) is 3.21. The van der Waals surface area contributed by atoms with E-state index in [9.17, 15) is 22.4 Å². The van der Waals surface area contributed by atoms with E-state index < -0.39 is 35.0 Å². The van der Waals surface area contributed by atoms with Crippen LogP contribution in [0.3, 0.4) is 0 Å². The largest absolute Gasteiger partial charge is 0.454 e. The highest BCUT2D eigenvalue weighted by atomic mass is 32.2. The minimum atomic E-state index is -4.79. The van der Waals surface area contributed by atoms with Crippen molar-refractivity contribution in [3.63, 3.8) is 0 Å². The normalized spacial score (nSPS) is 18.2. The van der Waals surface area contributed by atoms with Crippen LogP contribution in [0, 0.1) is 17.1 Å². The zero-order valence-corrected chi connectivity index (χ0v) is 18.7. The Morgan fingerprint density at radius 3 is 2.47 bits per heavy atom. The molecule has 2 aliphatic heterocycles. The van der Waals surface area contributed by atoms with E-state index in [4.69, 9.17) is 10.00 Å². The van der Waals surface area contributed by atoms with Crippen LogP contribution < -0.4 is 4.74 Å². The summed E-state index contributed by atoms with van der Waals surface area (Å²) >= 11 is 1.21. The first kappa shape index (κ1) is 23.8. The topological polar surface area (TPSA) is 68.9 Å². The van der Waals surface area contributed by atoms with Crippen molar-refractivity contribution in [2.75, 3.05) is 33.2 Å². The third kappa shape index (κ3) is 5.24. The highest BCUT2D eigenvalue weighted by Gasteiger charge is 2.35. The van der Waals surface area contributed by atoms with E-state index in [0.29, 0.717) is 21.7 Å². The summed E-state index contributed by atoms with van der Waals surface area (Å²) in [5.74, 6) is -2.37. The van der Waals surface area contributed by atoms with Crippen LogP contribution >= 0.6 is 11.8 Å². The van der Waals surface area contributed by atoms with Crippen LogP contribution in [0.1, 0.15) is 16.7 Å². The third-order valence-electron chi connectivity index (χ3n) is 5.27. The second-order valence-corrected chi connectivity index (χ2v) is 8.72. The van der Waals surface area contributed by atoms with Crippen LogP contribution in [0.5, 0.6) is 11.5 Å². The molecule has 0 N–H and O–H groups in total. The molecule has 0 spiro atoms. The van der Waals surface area contributed by atoms with Gasteiger partial charge in [0.15, 0.2) is 16.7 Å². The van der Waals surface area contributed by atoms with E-state index in [2.05, 4.69) is 9.89 Å². The Balaban J connectivity index is 1.51. The van der Waals surface area contributed by atoms with Gasteiger partial charge in [0.05, 0.1) is 22.1 Å². The average Bonchev–Trinajstić information content (AvgIpc) is 3.15. The zero-order chi connectivity index (χ0) is 24.5. The number of halogens is 4. The lowest BCUT2D eigenvalue weighted by atomic mass is 10.1. The number of hydrogen-bond acceptors (Lipinski definition) is 6. The molecule has 11 heteroatoms. The minimum absolute atomic E-state index is 0.195. The van der Waals surface area contributed by atoms with Gasteiger partial charge in [-0.05, 0) is 60.8 Å². The molecule has 1 fully saturated rings. The van der Waals surface area contributed by atoms with E-state index >= 15 is 0 Å². The number of thioether (sulfide) groups is 1. The zero-order valence-electron chi connectivity index (χ0n) is 17.9. The fourth-order valence-electron chi connectivity index (χ4n) is 3.40. The summed E-state index contributed by atoms with van der Waals surface area (Å²) in [4.78, 5) is 20.9. The van der Waals surface area contributed by atoms with Crippen LogP contribution in [0.2, 0.25) is 0 Å². The SMILES string of the molecule is CN1CCN(C2=NC(=O)C(=Cc3ccc(Oc4ccc(C#N)cc4C(F)(F)F)c(F)c3)S2)CC1. The maximum absolute atomic E-state index is 14.7. The number of benzene rings is 2. The standard InChI is InChI=1S/C23H18F4N4O2S/c1-30-6-8-31(9-7-30)22-29-21(32)20(34-22)12-14-2-5-19(17(24)11-14)33-18-4-3-15(13-28)10-16(18)23(25,26)27/h2-5,10-12H,6-9H2,1H3. The number of nitriles is 1. The second-order valence-electron chi connectivity index (χ2n) is 7.71. The van der Waals surface area contributed by atoms with Crippen molar-refractivity contribution >= 4 is 28.9 Å². The summed E-state index contributed by atoms with van der Waals surface area (Å²) in [6, 6.07) is 8.10. The highest BCUT2D eigenvalue weighted by Crippen LogP contribution is 2.39. The molecule has 4 rings (SSSR count). The number of nitrogens with zero attached hydrogens (tertiary/aromatic N) is 4. The molecule has 34 heavy (non-hydrogen) atoms. The molecule has 6 nitrogen and oxygen atoms in total. The maximum Gasteiger partial charge on any atom is 0.420 e. The Hall–Kier alpha value is -3.36. The third-order valence-corrected chi connectivity index (χ3v) is 6.32. The van der Waals surface area contributed by atoms with E-state index in [1.54, 1.807) is 6.07 Å². The smallest absolute Gasteiger partial charge is 0.420 e. The lowest BCUT2D eigenvalue weighted by molar-refractivity contribution is -0.138. The summed E-state index contributed by atoms with van der Waals surface area (Å²) in [6.07, 6.45) is -3.31. The molecule has 176 valence electrons. The molecule has 0 atom stereocenters. The van der Waals surface area contributed by atoms with Crippen LogP contribution in [0.4, 0.5) is 17.6 Å². The van der Waals surface area contributed by atoms with E-state index in [0.717, 1.165) is 44.4 Å². The van der Waals surface area contributed by atoms with Gasteiger partial charge in [-0.2, -0.15) is 23.4 Å². The molecule has 2 heterocycles. The van der Waals surface area contributed by atoms with Crippen molar-refractivity contribution in [1.29, 1.82) is 5.26 Å². The first-order valence-electron chi connectivity index (χ1n) is 10.2. The number of rotatable bonds is 3. The Bertz CT molecular complexity index is 1230. The number of carbonyl (C=O) groups excluding carboxylic acids is 1. The Labute approximate surface area is 197 Å². The van der Waals surface area contributed by atoms with Gasteiger partial charge in [0, 0.05) is 26.2 Å². The van der Waals surface area contributed by atoms with Gasteiger partial charge in [0.2, 0.25) is 0 Å². The first-order chi connectivity index (χ1) is 16.1. The van der Waals surface area contributed by atoms with Crippen LogP contribution in [-0.2, 0) is 11.0 Å². The molecule has 0 aromatic heterocycles. The number of amides is 1. The van der Waals surface area contributed by atoms with Gasteiger partial charge in [-0.15, -0.1) is 0 Å². The quantitative estimate of drug-likeness (QED) is 0.458. The van der Waals surface area contributed by atoms with Crippen LogP contribution in [0.15, 0.2) is 46.3 Å². The molecule has 2 aromatic carbocycles. The number of amidine groups is 1. The summed E-state index contributed by atoms with van der Waals surface area (Å²) < 4.78 is 59.9. The predicted octanol–water partition coefficient (Wildman–Crippen LogP) is 4.73. The number of likely N-dealkylation sites (N-methyl/N-ethyl adjacent to an activating group) is 1. The number of ether oxygens (including phenoxy) is 1. The Morgan fingerprint density at radius 2 is 1.82 bits per heavy atom. The van der Waals surface area contributed by atoms with Gasteiger partial charge in [0.1, 0.15) is 5.75 Å². The number of carbonyl (C=O) groups is 1. The average molecular weight is 490 g/mol. The number of aliphatic imine (C=N–C) groups is 1. The molecule has 1 saturated heterocycles. The number of alkyl halides is 3. The lowest BCUT2D eigenvalue weighted by Gasteiger charge is -2.32. The first-order valence-corrected chi connectivity index (χ1v) is 11.0. The molecule has 0 unspecified atom stereocenters. The summed E-state index contributed by atoms with van der Waals surface area (Å²) in [7, 11) is 2.02. The Morgan fingerprint density at radius 1 is 1.12 bits per heavy atom. The molecular weight excluding hydrogens is 472 g/mol. The van der Waals surface area contributed by atoms with E-state index in [-0.39, 0.29) is 5.56 Å². The van der Waals surface area contributed by atoms with Crippen molar-refractivity contribution in [3.05, 3.63) is 63.8 Å². The monoisotopic (exact) mass is 490 g/mol. The summed E-state index contributed by atoms with van der Waals surface area (Å²) in [5, 5.41) is 9.46. The van der Waals surface area contributed by atoms with Crippen molar-refractivity contribution < 1.29 is 27.1 Å². The van der Waals surface area contributed by atoms with Crippen molar-refractivity contribution in [2.24, 2.45) is 4.99 Å². The van der Waals surface area contributed by atoms with Gasteiger partial charge >= 0.3 is 6.18 Å². The molecular formula is C23H18F4N4O2S. The second kappa shape index (κ2) is 9.48. The highest BCUT2D eigenvalue weighted by molar-refractivity contribution is 8.18. The van der Waals surface area contributed by atoms with Gasteiger partial charge < -0.3 is 14.5 Å². The number of piperazine rings is 1. The minimum Gasteiger partial charge on any atom is -0.454 e. The summed E-state index contributed by atoms with van der Waals surface area (Å²) in [5.41, 5.74) is -1.04. The molecule has 2 aliphatic rings. The van der Waals surface area contributed by atoms with Gasteiger partial charge in [-0.25, -0.2) is 4.39 Å². The van der Waals surface area contributed by atoms with Crippen molar-refractivity contribution in [2.45, 2.75) is 6.18 Å². The van der Waals surface area contributed by atoms with Gasteiger partial charge in [-0.1, -0.05) is 6.07 Å². The lowest BCUT2D eigenvalue weighted by Crippen LogP contribution is -2.46. The maximum atomic E-state index is 14.7. The van der Waals surface area contributed by atoms with Crippen molar-refractivity contribution in [3.8, 4) is 17.6 Å². The van der Waals surface area contributed by atoms with E-state index in [1.807, 2.05) is 11.9 Å². The fraction of sp³-hybridized carbons (Fsp3) is 0.261. The fourth-order valence-corrected chi connectivity index (χ4v) is 4.37. The number of hydrogen-bond donors (Lipinski definition) is 0. The molecule has 2 aromatic rings. The van der Waals surface area contributed by atoms with Crippen LogP contribution in [-0.4, -0.2) is 54.1 Å². The Kier molecular flexibility index (Phi) is 6.63. The van der Waals surface area contributed by atoms with Gasteiger partial charge in [-0.3, -0.25) is 4.79 Å². The van der Waals surface area contributed by atoms with Crippen LogP contribution in [0.25, 0.3) is 6.08 Å². The van der Waals surface area contributed by atoms with Gasteiger partial charge in [0.25, 0.3) is 5.91 Å².